The molecule has 2 N–H and O–H groups in total. The first-order valence-corrected chi connectivity index (χ1v) is 6.40. The molecule has 84 valence electrons. The zero-order chi connectivity index (χ0) is 11.5. The maximum atomic E-state index is 5.81. The Balaban J connectivity index is 2.23. The molecule has 2 rings (SSSR count). The minimum atomic E-state index is 0.0390. The van der Waals surface area contributed by atoms with Crippen LogP contribution in [0.1, 0.15) is 18.5 Å². The van der Waals surface area contributed by atoms with Crippen LogP contribution in [0.4, 0.5) is 0 Å². The predicted molar refractivity (Wildman–Crippen MR) is 67.4 cm³/mol. The van der Waals surface area contributed by atoms with Gasteiger partial charge in [0.05, 0.1) is 6.20 Å². The normalized spacial score (nSPS) is 12.7. The van der Waals surface area contributed by atoms with E-state index in [1.165, 1.54) is 11.8 Å². The number of aromatic nitrogens is 1. The molecule has 0 aliphatic heterocycles. The van der Waals surface area contributed by atoms with Crippen molar-refractivity contribution in [1.82, 2.24) is 4.98 Å². The van der Waals surface area contributed by atoms with Crippen molar-refractivity contribution in [3.05, 3.63) is 40.7 Å². The molecule has 2 aromatic rings. The second kappa shape index (κ2) is 5.03. The first-order chi connectivity index (χ1) is 7.66. The van der Waals surface area contributed by atoms with Crippen LogP contribution in [0.5, 0.6) is 0 Å². The number of halogens is 1. The molecule has 0 aliphatic carbocycles. The van der Waals surface area contributed by atoms with Gasteiger partial charge in [-0.25, -0.2) is 4.98 Å². The Morgan fingerprint density at radius 3 is 2.88 bits per heavy atom. The molecule has 1 aromatic carbocycles. The molecule has 0 aliphatic rings. The van der Waals surface area contributed by atoms with Crippen molar-refractivity contribution in [2.45, 2.75) is 23.1 Å². The fourth-order valence-corrected chi connectivity index (χ4v) is 2.58. The predicted octanol–water partition coefficient (Wildman–Crippen LogP) is 3.61. The van der Waals surface area contributed by atoms with E-state index in [0.29, 0.717) is 5.22 Å². The summed E-state index contributed by atoms with van der Waals surface area (Å²) in [6.45, 7) is 1.96. The summed E-state index contributed by atoms with van der Waals surface area (Å²) in [5, 5.41) is 0.634. The number of hydrogen-bond donors (Lipinski definition) is 1. The highest BCUT2D eigenvalue weighted by atomic mass is 79.9. The van der Waals surface area contributed by atoms with Gasteiger partial charge in [-0.15, -0.1) is 0 Å². The zero-order valence-corrected chi connectivity index (χ0v) is 11.1. The summed E-state index contributed by atoms with van der Waals surface area (Å²) >= 11 is 4.99. The molecule has 1 aromatic heterocycles. The average molecular weight is 299 g/mol. The van der Waals surface area contributed by atoms with Crippen LogP contribution in [0, 0.1) is 0 Å². The van der Waals surface area contributed by atoms with Gasteiger partial charge in [0.25, 0.3) is 5.22 Å². The highest BCUT2D eigenvalue weighted by molar-refractivity contribution is 9.10. The van der Waals surface area contributed by atoms with Gasteiger partial charge >= 0.3 is 0 Å². The van der Waals surface area contributed by atoms with E-state index in [9.17, 15) is 0 Å². The van der Waals surface area contributed by atoms with Crippen molar-refractivity contribution in [2.24, 2.45) is 5.73 Å². The maximum Gasteiger partial charge on any atom is 0.260 e. The van der Waals surface area contributed by atoms with Crippen LogP contribution in [-0.2, 0) is 0 Å². The highest BCUT2D eigenvalue weighted by Gasteiger charge is 2.08. The van der Waals surface area contributed by atoms with E-state index in [1.807, 2.05) is 25.1 Å². The molecule has 0 saturated heterocycles. The summed E-state index contributed by atoms with van der Waals surface area (Å²) in [5.41, 5.74) is 6.91. The molecule has 1 atom stereocenters. The van der Waals surface area contributed by atoms with Crippen LogP contribution < -0.4 is 5.73 Å². The van der Waals surface area contributed by atoms with Crippen LogP contribution in [-0.4, -0.2) is 4.98 Å². The standard InChI is InChI=1S/C11H11BrN2OS/c1-7(13)8-2-3-10(9(12)6-8)16-11-14-4-5-15-11/h2-7H,13H2,1H3/t7-/m1/s1. The Hall–Kier alpha value is -0.780. The van der Waals surface area contributed by atoms with Crippen molar-refractivity contribution >= 4 is 27.7 Å². The average Bonchev–Trinajstić information content (AvgIpc) is 2.73. The molecule has 5 heteroatoms. The Kier molecular flexibility index (Phi) is 3.68. The van der Waals surface area contributed by atoms with Gasteiger partial charge in [0.1, 0.15) is 6.26 Å². The number of nitrogens with zero attached hydrogens (tertiary/aromatic N) is 1. The lowest BCUT2D eigenvalue weighted by molar-refractivity contribution is 0.454. The smallest absolute Gasteiger partial charge is 0.260 e. The summed E-state index contributed by atoms with van der Waals surface area (Å²) in [4.78, 5) is 5.12. The number of hydrogen-bond acceptors (Lipinski definition) is 4. The monoisotopic (exact) mass is 298 g/mol. The molecule has 0 fully saturated rings. The molecule has 0 radical (unpaired) electrons. The van der Waals surface area contributed by atoms with Crippen molar-refractivity contribution in [1.29, 1.82) is 0 Å². The van der Waals surface area contributed by atoms with Crippen LogP contribution >= 0.6 is 27.7 Å². The number of nitrogens with two attached hydrogens (primary N) is 1. The lowest BCUT2D eigenvalue weighted by Gasteiger charge is -2.08. The van der Waals surface area contributed by atoms with Crippen LogP contribution in [0.3, 0.4) is 0 Å². The second-order valence-corrected chi connectivity index (χ2v) is 5.23. The van der Waals surface area contributed by atoms with Gasteiger partial charge in [0, 0.05) is 15.4 Å². The first kappa shape index (κ1) is 11.7. The third-order valence-electron chi connectivity index (χ3n) is 2.09. The van der Waals surface area contributed by atoms with Crippen molar-refractivity contribution in [3.63, 3.8) is 0 Å². The minimum absolute atomic E-state index is 0.0390. The molecule has 0 unspecified atom stereocenters. The van der Waals surface area contributed by atoms with E-state index in [2.05, 4.69) is 20.9 Å². The van der Waals surface area contributed by atoms with E-state index in [1.54, 1.807) is 12.5 Å². The van der Waals surface area contributed by atoms with Gasteiger partial charge in [-0.2, -0.15) is 0 Å². The molecule has 16 heavy (non-hydrogen) atoms. The van der Waals surface area contributed by atoms with E-state index >= 15 is 0 Å². The Morgan fingerprint density at radius 2 is 2.31 bits per heavy atom. The zero-order valence-electron chi connectivity index (χ0n) is 8.68. The van der Waals surface area contributed by atoms with Gasteiger partial charge in [0.2, 0.25) is 0 Å². The van der Waals surface area contributed by atoms with Gasteiger partial charge in [-0.3, -0.25) is 0 Å². The Morgan fingerprint density at radius 1 is 1.50 bits per heavy atom. The summed E-state index contributed by atoms with van der Waals surface area (Å²) in [5.74, 6) is 0. The Bertz CT molecular complexity index is 471. The van der Waals surface area contributed by atoms with Crippen molar-refractivity contribution < 1.29 is 4.42 Å². The molecule has 0 bridgehead atoms. The number of benzene rings is 1. The quantitative estimate of drug-likeness (QED) is 0.940. The van der Waals surface area contributed by atoms with E-state index in [0.717, 1.165) is 14.9 Å². The van der Waals surface area contributed by atoms with E-state index in [4.69, 9.17) is 10.2 Å². The molecular formula is C11H11BrN2OS. The first-order valence-electron chi connectivity index (χ1n) is 4.79. The summed E-state index contributed by atoms with van der Waals surface area (Å²) < 4.78 is 6.18. The summed E-state index contributed by atoms with van der Waals surface area (Å²) in [6.07, 6.45) is 3.19. The SMILES string of the molecule is C[C@@H](N)c1ccc(Sc2ncco2)c(Br)c1. The fraction of sp³-hybridized carbons (Fsp3) is 0.182. The molecular weight excluding hydrogens is 288 g/mol. The maximum absolute atomic E-state index is 5.81. The van der Waals surface area contributed by atoms with Crippen molar-refractivity contribution in [3.8, 4) is 0 Å². The molecule has 0 spiro atoms. The van der Waals surface area contributed by atoms with E-state index in [-0.39, 0.29) is 6.04 Å². The van der Waals surface area contributed by atoms with Gasteiger partial charge in [-0.05, 0) is 52.3 Å². The number of oxazole rings is 1. The lowest BCUT2D eigenvalue weighted by atomic mass is 10.1. The lowest BCUT2D eigenvalue weighted by Crippen LogP contribution is -2.04. The molecule has 0 amide bonds. The van der Waals surface area contributed by atoms with Crippen LogP contribution in [0.25, 0.3) is 0 Å². The van der Waals surface area contributed by atoms with Gasteiger partial charge in [0.15, 0.2) is 0 Å². The Labute approximate surface area is 107 Å². The van der Waals surface area contributed by atoms with E-state index < -0.39 is 0 Å². The minimum Gasteiger partial charge on any atom is -0.440 e. The van der Waals surface area contributed by atoms with Crippen LogP contribution in [0.15, 0.2) is 49.7 Å². The second-order valence-electron chi connectivity index (χ2n) is 3.38. The van der Waals surface area contributed by atoms with Crippen molar-refractivity contribution in [2.75, 3.05) is 0 Å². The van der Waals surface area contributed by atoms with Crippen LogP contribution in [0.2, 0.25) is 0 Å². The summed E-state index contributed by atoms with van der Waals surface area (Å²) in [6, 6.07) is 6.09. The third kappa shape index (κ3) is 2.66. The largest absolute Gasteiger partial charge is 0.440 e. The molecule has 1 heterocycles. The topological polar surface area (TPSA) is 52.0 Å². The number of rotatable bonds is 3. The third-order valence-corrected chi connectivity index (χ3v) is 3.96. The highest BCUT2D eigenvalue weighted by Crippen LogP contribution is 2.33. The molecule has 0 saturated carbocycles. The summed E-state index contributed by atoms with van der Waals surface area (Å²) in [7, 11) is 0. The van der Waals surface area contributed by atoms with Gasteiger partial charge in [-0.1, -0.05) is 6.07 Å². The molecule has 3 nitrogen and oxygen atoms in total. The van der Waals surface area contributed by atoms with Gasteiger partial charge < -0.3 is 10.2 Å². The fourth-order valence-electron chi connectivity index (χ4n) is 1.24.